The van der Waals surface area contributed by atoms with Gasteiger partial charge < -0.3 is 15.2 Å². The number of fused-ring (bicyclic) bond motifs is 1. The second-order valence-electron chi connectivity index (χ2n) is 7.07. The average Bonchev–Trinajstić information content (AvgIpc) is 2.71. The van der Waals surface area contributed by atoms with Crippen LogP contribution in [-0.2, 0) is 26.7 Å². The van der Waals surface area contributed by atoms with Crippen LogP contribution >= 0.6 is 0 Å². The van der Waals surface area contributed by atoms with Crippen molar-refractivity contribution >= 4 is 15.7 Å². The van der Waals surface area contributed by atoms with Gasteiger partial charge in [0.2, 0.25) is 5.91 Å². The summed E-state index contributed by atoms with van der Waals surface area (Å²) < 4.78 is 29.8. The number of ether oxygens (including phenoxy) is 1. The summed E-state index contributed by atoms with van der Waals surface area (Å²) in [4.78, 5) is 12.4. The number of benzene rings is 2. The highest BCUT2D eigenvalue weighted by Crippen LogP contribution is 2.36. The second kappa shape index (κ2) is 8.32. The Morgan fingerprint density at radius 2 is 1.96 bits per heavy atom. The highest BCUT2D eigenvalue weighted by atomic mass is 32.2. The largest absolute Gasteiger partial charge is 0.497 e. The number of aryl methyl sites for hydroxylation is 1. The van der Waals surface area contributed by atoms with E-state index in [9.17, 15) is 18.3 Å². The minimum absolute atomic E-state index is 0.0521. The molecule has 0 bridgehead atoms. The average molecular weight is 404 g/mol. The van der Waals surface area contributed by atoms with Crippen molar-refractivity contribution in [3.8, 4) is 5.75 Å². The number of hydrogen-bond acceptors (Lipinski definition) is 5. The zero-order valence-electron chi connectivity index (χ0n) is 15.8. The maximum absolute atomic E-state index is 12.3. The number of hydrogen-bond donors (Lipinski definition) is 2. The monoisotopic (exact) mass is 403 g/mol. The first kappa shape index (κ1) is 20.4. The Bertz CT molecular complexity index is 943. The number of carbonyl (C=O) groups is 1. The summed E-state index contributed by atoms with van der Waals surface area (Å²) >= 11 is 0. The van der Waals surface area contributed by atoms with Crippen molar-refractivity contribution in [2.24, 2.45) is 0 Å². The Morgan fingerprint density at radius 1 is 1.21 bits per heavy atom. The lowest BCUT2D eigenvalue weighted by molar-refractivity contribution is -0.122. The first-order chi connectivity index (χ1) is 13.3. The van der Waals surface area contributed by atoms with Crippen LogP contribution in [-0.4, -0.2) is 38.8 Å². The number of sulfone groups is 1. The Hall–Kier alpha value is -2.38. The van der Waals surface area contributed by atoms with Crippen LogP contribution in [0.5, 0.6) is 5.75 Å². The molecule has 0 heterocycles. The predicted molar refractivity (Wildman–Crippen MR) is 106 cm³/mol. The first-order valence-electron chi connectivity index (χ1n) is 9.28. The fraction of sp³-hybridized carbons (Fsp3) is 0.381. The van der Waals surface area contributed by atoms with Crippen LogP contribution in [0.15, 0.2) is 53.4 Å². The molecule has 0 fully saturated rings. The van der Waals surface area contributed by atoms with Gasteiger partial charge in [-0.1, -0.05) is 24.3 Å². The van der Waals surface area contributed by atoms with Crippen LogP contribution in [0.4, 0.5) is 0 Å². The summed E-state index contributed by atoms with van der Waals surface area (Å²) in [5.74, 6) is 0.0708. The predicted octanol–water partition coefficient (Wildman–Crippen LogP) is 2.20. The first-order valence-corrected chi connectivity index (χ1v) is 10.9. The van der Waals surface area contributed by atoms with Gasteiger partial charge in [-0.05, 0) is 54.7 Å². The van der Waals surface area contributed by atoms with E-state index in [0.717, 1.165) is 29.7 Å². The summed E-state index contributed by atoms with van der Waals surface area (Å²) in [6.07, 6.45) is 2.03. The molecule has 1 aliphatic rings. The van der Waals surface area contributed by atoms with E-state index in [4.69, 9.17) is 4.74 Å². The molecule has 2 aromatic carbocycles. The van der Waals surface area contributed by atoms with Crippen molar-refractivity contribution in [2.75, 3.05) is 19.4 Å². The van der Waals surface area contributed by atoms with Gasteiger partial charge >= 0.3 is 0 Å². The topological polar surface area (TPSA) is 92.7 Å². The lowest BCUT2D eigenvalue weighted by Crippen LogP contribution is -2.43. The van der Waals surface area contributed by atoms with E-state index >= 15 is 0 Å². The van der Waals surface area contributed by atoms with Gasteiger partial charge in [-0.25, -0.2) is 8.42 Å². The maximum Gasteiger partial charge on any atom is 0.221 e. The van der Waals surface area contributed by atoms with Crippen LogP contribution in [0.3, 0.4) is 0 Å². The van der Waals surface area contributed by atoms with E-state index in [-0.39, 0.29) is 23.6 Å². The van der Waals surface area contributed by atoms with Crippen molar-refractivity contribution in [1.29, 1.82) is 0 Å². The molecule has 28 heavy (non-hydrogen) atoms. The Morgan fingerprint density at radius 3 is 2.68 bits per heavy atom. The lowest BCUT2D eigenvalue weighted by Gasteiger charge is -2.35. The van der Waals surface area contributed by atoms with Crippen molar-refractivity contribution < 1.29 is 23.1 Å². The van der Waals surface area contributed by atoms with Gasteiger partial charge in [0.25, 0.3) is 0 Å². The van der Waals surface area contributed by atoms with Crippen LogP contribution in [0.2, 0.25) is 0 Å². The fourth-order valence-electron chi connectivity index (χ4n) is 3.55. The zero-order valence-corrected chi connectivity index (χ0v) is 16.7. The fourth-order valence-corrected chi connectivity index (χ4v) is 4.82. The molecule has 0 saturated heterocycles. The van der Waals surface area contributed by atoms with Gasteiger partial charge in [0.15, 0.2) is 9.84 Å². The number of amides is 1. The van der Waals surface area contributed by atoms with Crippen molar-refractivity contribution in [2.45, 2.75) is 36.2 Å². The highest BCUT2D eigenvalue weighted by molar-refractivity contribution is 7.91. The molecular weight excluding hydrogens is 378 g/mol. The molecule has 2 N–H and O–H groups in total. The van der Waals surface area contributed by atoms with Gasteiger partial charge in [0.1, 0.15) is 11.4 Å². The zero-order chi connectivity index (χ0) is 20.2. The van der Waals surface area contributed by atoms with Crippen LogP contribution in [0.1, 0.15) is 30.4 Å². The summed E-state index contributed by atoms with van der Waals surface area (Å²) in [7, 11) is -1.91. The smallest absolute Gasteiger partial charge is 0.221 e. The van der Waals surface area contributed by atoms with Gasteiger partial charge in [0.05, 0.1) is 24.3 Å². The van der Waals surface area contributed by atoms with Crippen molar-refractivity contribution in [1.82, 2.24) is 5.32 Å². The van der Waals surface area contributed by atoms with Crippen molar-refractivity contribution in [3.05, 3.63) is 59.7 Å². The highest BCUT2D eigenvalue weighted by Gasteiger charge is 2.35. The van der Waals surface area contributed by atoms with Crippen LogP contribution in [0, 0.1) is 0 Å². The molecular formula is C21H25NO5S. The molecule has 0 radical (unpaired) electrons. The second-order valence-corrected chi connectivity index (χ2v) is 9.18. The lowest BCUT2D eigenvalue weighted by atomic mass is 9.79. The summed E-state index contributed by atoms with van der Waals surface area (Å²) in [5.41, 5.74) is 0.638. The molecule has 1 amide bonds. The van der Waals surface area contributed by atoms with E-state index in [1.165, 1.54) is 12.1 Å². The van der Waals surface area contributed by atoms with Crippen molar-refractivity contribution in [3.63, 3.8) is 0 Å². The molecule has 3 rings (SSSR count). The number of aliphatic hydroxyl groups is 1. The molecule has 6 nitrogen and oxygen atoms in total. The van der Waals surface area contributed by atoms with Gasteiger partial charge in [-0.2, -0.15) is 0 Å². The maximum atomic E-state index is 12.3. The Kier molecular flexibility index (Phi) is 6.05. The molecule has 0 saturated carbocycles. The van der Waals surface area contributed by atoms with Gasteiger partial charge in [0, 0.05) is 6.42 Å². The normalized spacial score (nSPS) is 18.9. The summed E-state index contributed by atoms with van der Waals surface area (Å²) in [6, 6.07) is 13.6. The molecule has 2 aromatic rings. The Labute approximate surface area is 165 Å². The minimum Gasteiger partial charge on any atom is -0.497 e. The number of carbonyl (C=O) groups excluding carboxylic acids is 1. The third-order valence-electron chi connectivity index (χ3n) is 5.13. The molecule has 150 valence electrons. The minimum atomic E-state index is -3.51. The SMILES string of the molecule is COc1ccc2c(c1)CCCC2(O)CNC(=O)CCS(=O)(=O)c1ccccc1. The molecule has 7 heteroatoms. The third kappa shape index (κ3) is 4.54. The van der Waals surface area contributed by atoms with Gasteiger partial charge in [-0.15, -0.1) is 0 Å². The van der Waals surface area contributed by atoms with Crippen LogP contribution < -0.4 is 10.1 Å². The van der Waals surface area contributed by atoms with E-state index in [1.807, 2.05) is 12.1 Å². The molecule has 1 atom stereocenters. The standard InChI is InChI=1S/C21H25NO5S/c1-27-17-9-10-19-16(14-17)6-5-12-21(19,24)15-22-20(23)11-13-28(25,26)18-7-3-2-4-8-18/h2-4,7-10,14,24H,5-6,11-13,15H2,1H3,(H,22,23). The molecule has 1 aliphatic carbocycles. The van der Waals surface area contributed by atoms with Crippen LogP contribution in [0.25, 0.3) is 0 Å². The number of methoxy groups -OCH3 is 1. The van der Waals surface area contributed by atoms with E-state index < -0.39 is 21.3 Å². The van der Waals surface area contributed by atoms with E-state index in [1.54, 1.807) is 31.4 Å². The summed E-state index contributed by atoms with van der Waals surface area (Å²) in [6.45, 7) is 0.0521. The van der Waals surface area contributed by atoms with Gasteiger partial charge in [-0.3, -0.25) is 4.79 Å². The molecule has 0 spiro atoms. The molecule has 1 unspecified atom stereocenters. The Balaban J connectivity index is 1.61. The number of rotatable bonds is 7. The molecule has 0 aliphatic heterocycles. The number of nitrogens with one attached hydrogen (secondary N) is 1. The molecule has 0 aromatic heterocycles. The third-order valence-corrected chi connectivity index (χ3v) is 6.86. The van der Waals surface area contributed by atoms with E-state index in [2.05, 4.69) is 5.32 Å². The van der Waals surface area contributed by atoms with E-state index in [0.29, 0.717) is 6.42 Å². The quantitative estimate of drug-likeness (QED) is 0.739. The summed E-state index contributed by atoms with van der Waals surface area (Å²) in [5, 5.41) is 13.8.